The van der Waals surface area contributed by atoms with Crippen LogP contribution in [0.2, 0.25) is 0 Å². The fourth-order valence-corrected chi connectivity index (χ4v) is 10.5. The van der Waals surface area contributed by atoms with Gasteiger partial charge in [-0.3, -0.25) is 9.80 Å². The number of fused-ring (bicyclic) bond motifs is 8. The van der Waals surface area contributed by atoms with E-state index in [4.69, 9.17) is 9.47 Å². The van der Waals surface area contributed by atoms with Gasteiger partial charge in [-0.2, -0.15) is 0 Å². The number of carbonyl (C=O) groups excluding carboxylic acids is 2. The van der Waals surface area contributed by atoms with Crippen molar-refractivity contribution in [3.05, 3.63) is 141 Å². The lowest BCUT2D eigenvalue weighted by Gasteiger charge is -2.48. The Morgan fingerprint density at radius 2 is 0.823 bits per heavy atom. The van der Waals surface area contributed by atoms with Crippen molar-refractivity contribution in [2.24, 2.45) is 10.8 Å². The summed E-state index contributed by atoms with van der Waals surface area (Å²) in [6.07, 6.45) is 6.34. The Morgan fingerprint density at radius 3 is 1.16 bits per heavy atom. The van der Waals surface area contributed by atoms with E-state index in [1.807, 2.05) is 48.5 Å². The smallest absolute Gasteiger partial charge is 0.410 e. The quantitative estimate of drug-likeness (QED) is 0.142. The van der Waals surface area contributed by atoms with E-state index in [-0.39, 0.29) is 22.0 Å². The van der Waals surface area contributed by atoms with Gasteiger partial charge in [0.2, 0.25) is 0 Å². The highest BCUT2D eigenvalue weighted by Crippen LogP contribution is 2.43. The van der Waals surface area contributed by atoms with Gasteiger partial charge in [0.25, 0.3) is 0 Å². The SMILES string of the molecule is O=C(OCC12CCN(CC1)CC2)N1CCc2ccccc2[C@@H]1c1cc(F)c(F)c(F)c1.O=C(OCC12CCN(CC1)CC2)N1CCc2ccccc2[C@H]1c1cc(F)c(F)c(F)c1. The Kier molecular flexibility index (Phi) is 11.7. The number of rotatable bonds is 6. The summed E-state index contributed by atoms with van der Waals surface area (Å²) < 4.78 is 94.9. The lowest BCUT2D eigenvalue weighted by molar-refractivity contribution is -0.0301. The molecule has 0 unspecified atom stereocenters. The van der Waals surface area contributed by atoms with Crippen LogP contribution in [0.3, 0.4) is 0 Å². The Bertz CT molecular complexity index is 2100. The lowest BCUT2D eigenvalue weighted by Crippen LogP contribution is -2.51. The third-order valence-electron chi connectivity index (χ3n) is 14.4. The number of hydrogen-bond donors (Lipinski definition) is 0. The van der Waals surface area contributed by atoms with Crippen molar-refractivity contribution in [3.8, 4) is 0 Å². The zero-order chi connectivity index (χ0) is 43.2. The van der Waals surface area contributed by atoms with E-state index in [0.717, 1.165) is 124 Å². The molecule has 0 saturated carbocycles. The molecule has 2 atom stereocenters. The molecule has 0 N–H and O–H groups in total. The number of benzene rings is 4. The minimum atomic E-state index is -1.51. The van der Waals surface area contributed by atoms with E-state index < -0.39 is 59.2 Å². The third kappa shape index (κ3) is 8.27. The number of halogens is 6. The van der Waals surface area contributed by atoms with Crippen molar-refractivity contribution >= 4 is 12.2 Å². The second-order valence-corrected chi connectivity index (χ2v) is 18.0. The minimum absolute atomic E-state index is 0.0295. The standard InChI is InChI=1S/2C24H25F3N2O2/c2*25-19-13-17(14-20(26)21(19)27)22-18-4-2-1-3-16(18)5-9-29(22)23(30)31-15-24-6-10-28(11-7-24)12-8-24/h2*1-4,13-14,22H,5-12,15H2/t2*22-/m10/s1. The monoisotopic (exact) mass is 860 g/mol. The summed E-state index contributed by atoms with van der Waals surface area (Å²) in [5, 5.41) is 0. The van der Waals surface area contributed by atoms with E-state index in [0.29, 0.717) is 39.1 Å². The number of carbonyl (C=O) groups is 2. The first-order valence-corrected chi connectivity index (χ1v) is 21.7. The maximum atomic E-state index is 14.0. The predicted molar refractivity (Wildman–Crippen MR) is 218 cm³/mol. The molecule has 0 aliphatic carbocycles. The van der Waals surface area contributed by atoms with Gasteiger partial charge in [0.05, 0.1) is 25.3 Å². The number of hydrogen-bond acceptors (Lipinski definition) is 6. The van der Waals surface area contributed by atoms with Gasteiger partial charge in [-0.05, 0) is 148 Å². The second-order valence-electron chi connectivity index (χ2n) is 18.0. The van der Waals surface area contributed by atoms with E-state index in [1.54, 1.807) is 0 Å². The summed E-state index contributed by atoms with van der Waals surface area (Å²) in [6.45, 7) is 7.64. The van der Waals surface area contributed by atoms with Crippen LogP contribution in [-0.2, 0) is 22.3 Å². The van der Waals surface area contributed by atoms with Crippen LogP contribution < -0.4 is 0 Å². The van der Waals surface area contributed by atoms with Gasteiger partial charge in [0.15, 0.2) is 34.9 Å². The number of ether oxygens (including phenoxy) is 2. The first-order chi connectivity index (χ1) is 29.9. The molecule has 4 aromatic rings. The zero-order valence-electron chi connectivity index (χ0n) is 34.5. The highest BCUT2D eigenvalue weighted by Gasteiger charge is 2.43. The van der Waals surface area contributed by atoms with Crippen molar-refractivity contribution in [1.82, 2.24) is 19.6 Å². The van der Waals surface area contributed by atoms with Crippen LogP contribution in [0, 0.1) is 45.7 Å². The number of piperidine rings is 6. The van der Waals surface area contributed by atoms with Crippen LogP contribution in [-0.4, -0.2) is 97.4 Å². The Balaban J connectivity index is 0.000000158. The molecule has 8 aliphatic heterocycles. The van der Waals surface area contributed by atoms with Crippen molar-refractivity contribution < 1.29 is 45.4 Å². The molecule has 8 heterocycles. The molecular weight excluding hydrogens is 811 g/mol. The average molecular weight is 861 g/mol. The summed E-state index contributed by atoms with van der Waals surface area (Å²) in [5.41, 5.74) is 4.01. The van der Waals surface area contributed by atoms with Crippen LogP contribution >= 0.6 is 0 Å². The molecule has 14 heteroatoms. The van der Waals surface area contributed by atoms with Crippen LogP contribution in [0.1, 0.15) is 84.0 Å². The summed E-state index contributed by atoms with van der Waals surface area (Å²) in [6, 6.07) is 17.4. The highest BCUT2D eigenvalue weighted by atomic mass is 19.2. The molecule has 4 bridgehead atoms. The Hall–Kier alpha value is -5.08. The van der Waals surface area contributed by atoms with Crippen LogP contribution in [0.5, 0.6) is 0 Å². The molecule has 0 spiro atoms. The van der Waals surface area contributed by atoms with E-state index in [2.05, 4.69) is 9.80 Å². The number of nitrogens with zero attached hydrogens (tertiary/aromatic N) is 4. The fraction of sp³-hybridized carbons (Fsp3) is 0.458. The normalized spacial score (nSPS) is 27.1. The number of amides is 2. The van der Waals surface area contributed by atoms with Crippen molar-refractivity contribution in [3.63, 3.8) is 0 Å². The lowest BCUT2D eigenvalue weighted by atomic mass is 9.73. The van der Waals surface area contributed by atoms with Gasteiger partial charge in [-0.1, -0.05) is 48.5 Å². The maximum Gasteiger partial charge on any atom is 0.410 e. The van der Waals surface area contributed by atoms with Crippen molar-refractivity contribution in [1.29, 1.82) is 0 Å². The highest BCUT2D eigenvalue weighted by molar-refractivity contribution is 5.71. The van der Waals surface area contributed by atoms with Crippen molar-refractivity contribution in [2.75, 3.05) is 65.6 Å². The average Bonchev–Trinajstić information content (AvgIpc) is 3.31. The zero-order valence-corrected chi connectivity index (χ0v) is 34.5. The first kappa shape index (κ1) is 42.2. The van der Waals surface area contributed by atoms with Crippen LogP contribution in [0.25, 0.3) is 0 Å². The molecular formula is C48H50F6N4O4. The molecule has 2 amide bonds. The van der Waals surface area contributed by atoms with Crippen molar-refractivity contribution in [2.45, 2.75) is 63.5 Å². The van der Waals surface area contributed by atoms with Crippen LogP contribution in [0.4, 0.5) is 35.9 Å². The van der Waals surface area contributed by atoms with E-state index in [9.17, 15) is 35.9 Å². The second kappa shape index (κ2) is 17.2. The van der Waals surface area contributed by atoms with Gasteiger partial charge in [-0.25, -0.2) is 35.9 Å². The Labute approximate surface area is 357 Å². The molecule has 8 aliphatic rings. The topological polar surface area (TPSA) is 65.6 Å². The maximum absolute atomic E-state index is 14.0. The molecule has 0 radical (unpaired) electrons. The molecule has 4 aromatic carbocycles. The van der Waals surface area contributed by atoms with E-state index >= 15 is 0 Å². The van der Waals surface area contributed by atoms with Gasteiger partial charge >= 0.3 is 12.2 Å². The van der Waals surface area contributed by atoms with Gasteiger partial charge < -0.3 is 19.3 Å². The fourth-order valence-electron chi connectivity index (χ4n) is 10.5. The molecule has 6 fully saturated rings. The minimum Gasteiger partial charge on any atom is -0.449 e. The molecule has 12 rings (SSSR count). The summed E-state index contributed by atoms with van der Waals surface area (Å²) >= 11 is 0. The summed E-state index contributed by atoms with van der Waals surface area (Å²) in [5.74, 6) is -8.08. The van der Waals surface area contributed by atoms with Gasteiger partial charge in [0, 0.05) is 23.9 Å². The summed E-state index contributed by atoms with van der Waals surface area (Å²) in [4.78, 5) is 34.2. The largest absolute Gasteiger partial charge is 0.449 e. The van der Waals surface area contributed by atoms with E-state index in [1.165, 1.54) is 9.80 Å². The molecule has 62 heavy (non-hydrogen) atoms. The first-order valence-electron chi connectivity index (χ1n) is 21.7. The van der Waals surface area contributed by atoms with Gasteiger partial charge in [0.1, 0.15) is 0 Å². The van der Waals surface area contributed by atoms with Gasteiger partial charge in [-0.15, -0.1) is 0 Å². The van der Waals surface area contributed by atoms with Crippen LogP contribution in [0.15, 0.2) is 72.8 Å². The third-order valence-corrected chi connectivity index (χ3v) is 14.4. The molecule has 328 valence electrons. The Morgan fingerprint density at radius 1 is 0.500 bits per heavy atom. The molecule has 8 nitrogen and oxygen atoms in total. The summed E-state index contributed by atoms with van der Waals surface area (Å²) in [7, 11) is 0. The molecule has 0 aromatic heterocycles. The molecule has 6 saturated heterocycles. The predicted octanol–water partition coefficient (Wildman–Crippen LogP) is 9.35.